The van der Waals surface area contributed by atoms with Crippen molar-refractivity contribution in [1.82, 2.24) is 10.3 Å². The smallest absolute Gasteiger partial charge is 0.0468 e. The van der Waals surface area contributed by atoms with Gasteiger partial charge in [-0.1, -0.05) is 6.92 Å². The van der Waals surface area contributed by atoms with Crippen molar-refractivity contribution in [1.29, 1.82) is 0 Å². The van der Waals surface area contributed by atoms with E-state index in [4.69, 9.17) is 5.11 Å². The summed E-state index contributed by atoms with van der Waals surface area (Å²) in [6, 6.07) is 4.74. The molecular weight excluding hydrogens is 226 g/mol. The third kappa shape index (κ3) is 3.68. The van der Waals surface area contributed by atoms with Crippen LogP contribution in [0.4, 0.5) is 5.69 Å². The molecule has 0 amide bonds. The zero-order valence-electron chi connectivity index (χ0n) is 11.0. The summed E-state index contributed by atoms with van der Waals surface area (Å²) in [5, 5.41) is 12.5. The molecule has 0 radical (unpaired) electrons. The van der Waals surface area contributed by atoms with Crippen LogP contribution in [0.3, 0.4) is 0 Å². The molecule has 1 aliphatic rings. The van der Waals surface area contributed by atoms with E-state index >= 15 is 0 Å². The summed E-state index contributed by atoms with van der Waals surface area (Å²) in [6.45, 7) is 5.43. The topological polar surface area (TPSA) is 48.4 Å². The van der Waals surface area contributed by atoms with Gasteiger partial charge in [-0.2, -0.15) is 0 Å². The third-order valence-corrected chi connectivity index (χ3v) is 3.59. The minimum atomic E-state index is 0.267. The van der Waals surface area contributed by atoms with E-state index in [0.717, 1.165) is 19.6 Å². The Labute approximate surface area is 109 Å². The Kier molecular flexibility index (Phi) is 4.96. The predicted molar refractivity (Wildman–Crippen MR) is 73.7 cm³/mol. The number of anilines is 1. The molecule has 18 heavy (non-hydrogen) atoms. The lowest BCUT2D eigenvalue weighted by Crippen LogP contribution is -2.44. The number of aliphatic hydroxyl groups is 1. The highest BCUT2D eigenvalue weighted by molar-refractivity contribution is 5.44. The van der Waals surface area contributed by atoms with Crippen LogP contribution in [0.1, 0.15) is 19.8 Å². The molecule has 2 heterocycles. The normalized spacial score (nSPS) is 18.9. The number of aromatic nitrogens is 1. The molecule has 1 aromatic heterocycles. The van der Waals surface area contributed by atoms with Gasteiger partial charge in [0.2, 0.25) is 0 Å². The highest BCUT2D eigenvalue weighted by Gasteiger charge is 2.19. The summed E-state index contributed by atoms with van der Waals surface area (Å²) < 4.78 is 0. The average Bonchev–Trinajstić information content (AvgIpc) is 2.46. The summed E-state index contributed by atoms with van der Waals surface area (Å²) in [7, 11) is 0. The molecule has 1 aromatic rings. The van der Waals surface area contributed by atoms with Crippen molar-refractivity contribution in [3.63, 3.8) is 0 Å². The van der Waals surface area contributed by atoms with E-state index in [-0.39, 0.29) is 6.61 Å². The van der Waals surface area contributed by atoms with Gasteiger partial charge < -0.3 is 15.3 Å². The fourth-order valence-electron chi connectivity index (χ4n) is 2.33. The molecule has 0 spiro atoms. The van der Waals surface area contributed by atoms with Crippen molar-refractivity contribution in [2.24, 2.45) is 5.92 Å². The van der Waals surface area contributed by atoms with Gasteiger partial charge in [-0.25, -0.2) is 0 Å². The van der Waals surface area contributed by atoms with Gasteiger partial charge in [0, 0.05) is 50.4 Å². The maximum Gasteiger partial charge on any atom is 0.0468 e. The van der Waals surface area contributed by atoms with Crippen LogP contribution in [0, 0.1) is 5.92 Å². The molecule has 1 atom stereocenters. The van der Waals surface area contributed by atoms with E-state index in [9.17, 15) is 0 Å². The van der Waals surface area contributed by atoms with Crippen LogP contribution in [0.5, 0.6) is 0 Å². The molecule has 0 aromatic carbocycles. The van der Waals surface area contributed by atoms with Crippen LogP contribution >= 0.6 is 0 Å². The second-order valence-electron chi connectivity index (χ2n) is 5.16. The first-order chi connectivity index (χ1) is 8.79. The van der Waals surface area contributed by atoms with Crippen molar-refractivity contribution in [2.75, 3.05) is 31.1 Å². The number of hydrogen-bond acceptors (Lipinski definition) is 4. The van der Waals surface area contributed by atoms with Crippen LogP contribution in [-0.2, 0) is 0 Å². The number of nitrogens with one attached hydrogen (secondary N) is 1. The Balaban J connectivity index is 1.75. The van der Waals surface area contributed by atoms with Crippen LogP contribution in [0.15, 0.2) is 24.5 Å². The molecule has 100 valence electrons. The first-order valence-electron chi connectivity index (χ1n) is 6.79. The standard InChI is InChI=1S/C14H23N3O/c1-12(11-18)10-16-13-4-8-17(9-5-13)14-2-6-15-7-3-14/h2-3,6-7,12-13,16,18H,4-5,8-11H2,1H3. The van der Waals surface area contributed by atoms with Gasteiger partial charge in [0.15, 0.2) is 0 Å². The van der Waals surface area contributed by atoms with Gasteiger partial charge in [0.25, 0.3) is 0 Å². The highest BCUT2D eigenvalue weighted by Crippen LogP contribution is 2.18. The predicted octanol–water partition coefficient (Wildman–Crippen LogP) is 1.27. The van der Waals surface area contributed by atoms with Crippen molar-refractivity contribution >= 4 is 5.69 Å². The van der Waals surface area contributed by atoms with E-state index in [1.165, 1.54) is 18.5 Å². The number of pyridine rings is 1. The number of aliphatic hydroxyl groups excluding tert-OH is 1. The van der Waals surface area contributed by atoms with Crippen molar-refractivity contribution in [3.8, 4) is 0 Å². The number of piperidine rings is 1. The van der Waals surface area contributed by atoms with Gasteiger partial charge in [-0.15, -0.1) is 0 Å². The van der Waals surface area contributed by atoms with Gasteiger partial charge in [-0.05, 0) is 30.9 Å². The third-order valence-electron chi connectivity index (χ3n) is 3.59. The van der Waals surface area contributed by atoms with E-state index in [0.29, 0.717) is 12.0 Å². The van der Waals surface area contributed by atoms with Crippen LogP contribution < -0.4 is 10.2 Å². The first kappa shape index (κ1) is 13.3. The lowest BCUT2D eigenvalue weighted by Gasteiger charge is -2.34. The molecule has 4 nitrogen and oxygen atoms in total. The van der Waals surface area contributed by atoms with Gasteiger partial charge in [0.1, 0.15) is 0 Å². The Bertz CT molecular complexity index is 336. The molecule has 2 N–H and O–H groups in total. The Morgan fingerprint density at radius 2 is 2.06 bits per heavy atom. The van der Waals surface area contributed by atoms with Gasteiger partial charge >= 0.3 is 0 Å². The zero-order valence-corrected chi connectivity index (χ0v) is 11.0. The molecular formula is C14H23N3O. The van der Waals surface area contributed by atoms with E-state index in [2.05, 4.69) is 34.3 Å². The second-order valence-corrected chi connectivity index (χ2v) is 5.16. The fraction of sp³-hybridized carbons (Fsp3) is 0.643. The Morgan fingerprint density at radius 3 is 2.67 bits per heavy atom. The second kappa shape index (κ2) is 6.71. The maximum absolute atomic E-state index is 9.00. The van der Waals surface area contributed by atoms with E-state index in [1.807, 2.05) is 12.4 Å². The summed E-state index contributed by atoms with van der Waals surface area (Å²) in [5.41, 5.74) is 1.27. The van der Waals surface area contributed by atoms with Crippen molar-refractivity contribution in [2.45, 2.75) is 25.8 Å². The molecule has 0 bridgehead atoms. The zero-order chi connectivity index (χ0) is 12.8. The summed E-state index contributed by atoms with van der Waals surface area (Å²) in [5.74, 6) is 0.350. The lowest BCUT2D eigenvalue weighted by molar-refractivity contribution is 0.227. The number of nitrogens with zero attached hydrogens (tertiary/aromatic N) is 2. The summed E-state index contributed by atoms with van der Waals surface area (Å²) in [4.78, 5) is 6.46. The molecule has 0 saturated carbocycles. The largest absolute Gasteiger partial charge is 0.396 e. The summed E-state index contributed by atoms with van der Waals surface area (Å²) >= 11 is 0. The number of rotatable bonds is 5. The SMILES string of the molecule is CC(CO)CNC1CCN(c2ccncc2)CC1. The highest BCUT2D eigenvalue weighted by atomic mass is 16.3. The minimum absolute atomic E-state index is 0.267. The molecule has 1 unspecified atom stereocenters. The monoisotopic (exact) mass is 249 g/mol. The average molecular weight is 249 g/mol. The molecule has 0 aliphatic carbocycles. The lowest BCUT2D eigenvalue weighted by atomic mass is 10.0. The molecule has 4 heteroatoms. The van der Waals surface area contributed by atoms with E-state index < -0.39 is 0 Å². The fourth-order valence-corrected chi connectivity index (χ4v) is 2.33. The summed E-state index contributed by atoms with van der Waals surface area (Å²) in [6.07, 6.45) is 6.03. The minimum Gasteiger partial charge on any atom is -0.396 e. The molecule has 1 saturated heterocycles. The Morgan fingerprint density at radius 1 is 1.39 bits per heavy atom. The quantitative estimate of drug-likeness (QED) is 0.825. The van der Waals surface area contributed by atoms with Crippen LogP contribution in [-0.4, -0.2) is 42.4 Å². The molecule has 2 rings (SSSR count). The van der Waals surface area contributed by atoms with Gasteiger partial charge in [0.05, 0.1) is 0 Å². The van der Waals surface area contributed by atoms with Crippen LogP contribution in [0.2, 0.25) is 0 Å². The van der Waals surface area contributed by atoms with Crippen molar-refractivity contribution in [3.05, 3.63) is 24.5 Å². The van der Waals surface area contributed by atoms with E-state index in [1.54, 1.807) is 0 Å². The Hall–Kier alpha value is -1.13. The molecule has 1 aliphatic heterocycles. The maximum atomic E-state index is 9.00. The number of hydrogen-bond donors (Lipinski definition) is 2. The van der Waals surface area contributed by atoms with Crippen LogP contribution in [0.25, 0.3) is 0 Å². The van der Waals surface area contributed by atoms with Crippen molar-refractivity contribution < 1.29 is 5.11 Å². The first-order valence-corrected chi connectivity index (χ1v) is 6.79. The van der Waals surface area contributed by atoms with Gasteiger partial charge in [-0.3, -0.25) is 4.98 Å². The molecule has 1 fully saturated rings.